The number of hydrogen-bond acceptors (Lipinski definition) is 7. The largest absolute Gasteiger partial charge is 0.508 e. The van der Waals surface area contributed by atoms with Gasteiger partial charge in [-0.1, -0.05) is 71.8 Å². The third-order valence-electron chi connectivity index (χ3n) is 10.5. The highest BCUT2D eigenvalue weighted by molar-refractivity contribution is 6.13. The molecule has 6 atom stereocenters. The number of aryl methyl sites for hydroxylation is 1. The Morgan fingerprint density at radius 3 is 2.36 bits per heavy atom. The number of carbonyl (C=O) groups is 5. The molecule has 47 heavy (non-hydrogen) atoms. The summed E-state index contributed by atoms with van der Waals surface area (Å²) in [6.07, 6.45) is 2.38. The van der Waals surface area contributed by atoms with Crippen molar-refractivity contribution in [1.29, 1.82) is 0 Å². The number of allylic oxidation sites excluding steroid dienone is 2. The van der Waals surface area contributed by atoms with Crippen molar-refractivity contribution in [3.05, 3.63) is 107 Å². The number of aliphatic carboxylic acids is 1. The molecule has 0 unspecified atom stereocenters. The summed E-state index contributed by atoms with van der Waals surface area (Å²) in [6.45, 7) is 1.96. The third kappa shape index (κ3) is 4.73. The Morgan fingerprint density at radius 1 is 0.915 bits per heavy atom. The number of aromatic hydroxyl groups is 1. The Morgan fingerprint density at radius 2 is 1.66 bits per heavy atom. The first-order chi connectivity index (χ1) is 22.6. The summed E-state index contributed by atoms with van der Waals surface area (Å²) in [5, 5.41) is 20.9. The van der Waals surface area contributed by atoms with Gasteiger partial charge in [-0.15, -0.1) is 0 Å². The molecule has 0 aromatic heterocycles. The second-order valence-electron chi connectivity index (χ2n) is 13.0. The summed E-state index contributed by atoms with van der Waals surface area (Å²) in [7, 11) is 0. The number of nitrogens with zero attached hydrogens (tertiary/aromatic N) is 2. The van der Waals surface area contributed by atoms with Gasteiger partial charge < -0.3 is 10.2 Å². The van der Waals surface area contributed by atoms with Crippen LogP contribution in [0.15, 0.2) is 90.5 Å². The molecule has 1 saturated carbocycles. The maximum atomic E-state index is 15.0. The highest BCUT2D eigenvalue weighted by Gasteiger charge is 2.70. The molecule has 2 aliphatic carbocycles. The molecule has 0 bridgehead atoms. The number of amides is 4. The maximum absolute atomic E-state index is 15.0. The fourth-order valence-electron chi connectivity index (χ4n) is 8.50. The molecule has 0 spiro atoms. The molecule has 3 aromatic rings. The quantitative estimate of drug-likeness (QED) is 0.242. The first kappa shape index (κ1) is 30.4. The molecule has 10 heteroatoms. The van der Waals surface area contributed by atoms with Gasteiger partial charge in [-0.05, 0) is 67.5 Å². The van der Waals surface area contributed by atoms with Crippen molar-refractivity contribution >= 4 is 35.3 Å². The number of imide groups is 2. The number of benzene rings is 3. The van der Waals surface area contributed by atoms with Crippen molar-refractivity contribution in [2.45, 2.75) is 43.9 Å². The summed E-state index contributed by atoms with van der Waals surface area (Å²) < 4.78 is 0. The predicted octanol–water partition coefficient (Wildman–Crippen LogP) is 4.55. The molecule has 4 amide bonds. The molecule has 2 saturated heterocycles. The smallest absolute Gasteiger partial charge is 0.303 e. The fourth-order valence-corrected chi connectivity index (χ4v) is 8.50. The monoisotopic (exact) mass is 633 g/mol. The number of carboxylic acids is 1. The first-order valence-electron chi connectivity index (χ1n) is 16.0. The summed E-state index contributed by atoms with van der Waals surface area (Å²) in [5.74, 6) is -6.09. The van der Waals surface area contributed by atoms with Gasteiger partial charge in [0.05, 0.1) is 28.9 Å². The lowest BCUT2D eigenvalue weighted by Gasteiger charge is -2.50. The number of carbonyl (C=O) groups excluding carboxylic acids is 4. The average Bonchev–Trinajstić information content (AvgIpc) is 3.43. The van der Waals surface area contributed by atoms with E-state index in [0.717, 1.165) is 16.1 Å². The van der Waals surface area contributed by atoms with Crippen LogP contribution in [0.25, 0.3) is 0 Å². The van der Waals surface area contributed by atoms with Crippen molar-refractivity contribution in [3.63, 3.8) is 0 Å². The molecule has 3 fully saturated rings. The van der Waals surface area contributed by atoms with E-state index in [9.17, 15) is 24.3 Å². The van der Waals surface area contributed by atoms with Crippen molar-refractivity contribution in [2.75, 3.05) is 12.0 Å². The Kier molecular flexibility index (Phi) is 7.45. The van der Waals surface area contributed by atoms with E-state index in [2.05, 4.69) is 5.43 Å². The lowest BCUT2D eigenvalue weighted by atomic mass is 9.49. The predicted molar refractivity (Wildman–Crippen MR) is 170 cm³/mol. The molecule has 2 heterocycles. The number of nitrogens with one attached hydrogen (secondary N) is 1. The van der Waals surface area contributed by atoms with Crippen molar-refractivity contribution in [3.8, 4) is 5.75 Å². The fraction of sp³-hybridized carbons (Fsp3) is 0.324. The molecule has 7 rings (SSSR count). The Hall–Kier alpha value is -5.25. The molecular weight excluding hydrogens is 598 g/mol. The van der Waals surface area contributed by atoms with Crippen LogP contribution in [0.5, 0.6) is 5.75 Å². The second kappa shape index (κ2) is 11.5. The zero-order valence-electron chi connectivity index (χ0n) is 25.8. The van der Waals surface area contributed by atoms with Gasteiger partial charge in [0, 0.05) is 18.9 Å². The van der Waals surface area contributed by atoms with Crippen LogP contribution in [0.3, 0.4) is 0 Å². The standard InChI is InChI=1S/C37H35N3O7/c1-21-12-14-24(15-13-21)38-40-34(45)29-20-28-26(16-17-27-31(28)35(46)39(33(27)44)18-6-11-30(42)43)32(22-7-5-10-25(41)19-22)37(29,36(40)47)23-8-3-2-4-9-23/h2-5,7-10,12-16,19,27-29,31-32,38,41H,6,11,17-18,20H2,1H3,(H,42,43)/t27-,28+,29-,31-,32-,37+/m0/s1. The summed E-state index contributed by atoms with van der Waals surface area (Å²) in [5.41, 5.74) is 5.32. The zero-order chi connectivity index (χ0) is 33.0. The van der Waals surface area contributed by atoms with Crippen LogP contribution in [0.2, 0.25) is 0 Å². The molecule has 10 nitrogen and oxygen atoms in total. The number of phenolic OH excluding ortho intramolecular Hbond substituents is 1. The summed E-state index contributed by atoms with van der Waals surface area (Å²) in [6, 6.07) is 23.3. The molecular formula is C37H35N3O7. The third-order valence-corrected chi connectivity index (χ3v) is 10.5. The molecule has 3 aromatic carbocycles. The Labute approximate surface area is 271 Å². The molecule has 0 radical (unpaired) electrons. The van der Waals surface area contributed by atoms with Gasteiger partial charge in [-0.2, -0.15) is 5.01 Å². The van der Waals surface area contributed by atoms with Gasteiger partial charge >= 0.3 is 5.97 Å². The summed E-state index contributed by atoms with van der Waals surface area (Å²) >= 11 is 0. The maximum Gasteiger partial charge on any atom is 0.303 e. The van der Waals surface area contributed by atoms with Crippen LogP contribution >= 0.6 is 0 Å². The highest BCUT2D eigenvalue weighted by Crippen LogP contribution is 2.64. The van der Waals surface area contributed by atoms with Crippen molar-refractivity contribution < 1.29 is 34.2 Å². The number of rotatable bonds is 8. The lowest BCUT2D eigenvalue weighted by Crippen LogP contribution is -2.53. The van der Waals surface area contributed by atoms with E-state index in [1.54, 1.807) is 30.3 Å². The average molecular weight is 634 g/mol. The zero-order valence-corrected chi connectivity index (χ0v) is 25.8. The number of hydrazine groups is 1. The number of hydrogen-bond donors (Lipinski definition) is 3. The van der Waals surface area contributed by atoms with Crippen molar-refractivity contribution in [2.24, 2.45) is 23.7 Å². The highest BCUT2D eigenvalue weighted by atomic mass is 16.4. The minimum Gasteiger partial charge on any atom is -0.508 e. The Bertz CT molecular complexity index is 1820. The molecule has 3 N–H and O–H groups in total. The van der Waals surface area contributed by atoms with Gasteiger partial charge in [-0.3, -0.25) is 34.3 Å². The van der Waals surface area contributed by atoms with Crippen molar-refractivity contribution in [1.82, 2.24) is 9.91 Å². The van der Waals surface area contributed by atoms with Crippen LogP contribution in [0.1, 0.15) is 48.3 Å². The van der Waals surface area contributed by atoms with Gasteiger partial charge in [0.2, 0.25) is 11.8 Å². The first-order valence-corrected chi connectivity index (χ1v) is 16.0. The van der Waals surface area contributed by atoms with E-state index in [1.807, 2.05) is 61.5 Å². The number of anilines is 1. The van der Waals surface area contributed by atoms with E-state index in [4.69, 9.17) is 5.11 Å². The van der Waals surface area contributed by atoms with E-state index in [-0.39, 0.29) is 49.8 Å². The van der Waals surface area contributed by atoms with Gasteiger partial charge in [0.25, 0.3) is 11.8 Å². The minimum atomic E-state index is -1.41. The molecule has 240 valence electrons. The Balaban J connectivity index is 1.38. The van der Waals surface area contributed by atoms with Crippen LogP contribution in [-0.4, -0.2) is 56.3 Å². The van der Waals surface area contributed by atoms with E-state index >= 15 is 4.79 Å². The second-order valence-corrected chi connectivity index (χ2v) is 13.0. The van der Waals surface area contributed by atoms with Crippen LogP contribution in [0.4, 0.5) is 5.69 Å². The minimum absolute atomic E-state index is 0.00167. The number of carboxylic acid groups (broad SMARTS) is 1. The van der Waals surface area contributed by atoms with Crippen LogP contribution in [-0.2, 0) is 29.4 Å². The van der Waals surface area contributed by atoms with Crippen LogP contribution < -0.4 is 5.43 Å². The van der Waals surface area contributed by atoms with Crippen LogP contribution in [0, 0.1) is 30.6 Å². The van der Waals surface area contributed by atoms with Gasteiger partial charge in [-0.25, -0.2) is 0 Å². The summed E-state index contributed by atoms with van der Waals surface area (Å²) in [4.78, 5) is 69.5. The molecule has 4 aliphatic rings. The van der Waals surface area contributed by atoms with E-state index in [0.29, 0.717) is 16.8 Å². The van der Waals surface area contributed by atoms with E-state index < -0.39 is 52.8 Å². The van der Waals surface area contributed by atoms with E-state index in [1.165, 1.54) is 4.90 Å². The molecule has 2 aliphatic heterocycles. The van der Waals surface area contributed by atoms with Gasteiger partial charge in [0.1, 0.15) is 5.75 Å². The SMILES string of the molecule is Cc1ccc(NN2C(=O)[C@@H]3C[C@@H]4C(=CC[C@@H]5C(=O)N(CCCC(=O)O)C(=O)[C@@H]54)[C@H](c4cccc(O)c4)[C@]3(c3ccccc3)C2=O)cc1. The topological polar surface area (TPSA) is 144 Å². The lowest BCUT2D eigenvalue weighted by molar-refractivity contribution is -0.142. The number of fused-ring (bicyclic) bond motifs is 4. The normalized spacial score (nSPS) is 28.1. The van der Waals surface area contributed by atoms with Gasteiger partial charge in [0.15, 0.2) is 0 Å². The number of phenols is 1. The number of likely N-dealkylation sites (tertiary alicyclic amines) is 1.